The standard InChI is InChI=1S/C12H10Cl2FIN2O/c13-6-5-7(15)11-9(10(6)16)12(14)17-18(11)8-3-1-2-4-19-8/h5,8H,1-4H2. The third-order valence-corrected chi connectivity index (χ3v) is 5.21. The number of rotatable bonds is 1. The Bertz CT molecular complexity index is 640. The molecule has 3 rings (SSSR count). The Kier molecular flexibility index (Phi) is 3.90. The molecule has 7 heteroatoms. The molecule has 1 aliphatic rings. The number of nitrogens with zero attached hydrogens (tertiary/aromatic N) is 2. The summed E-state index contributed by atoms with van der Waals surface area (Å²) >= 11 is 14.2. The molecule has 1 unspecified atom stereocenters. The normalized spacial score (nSPS) is 20.1. The monoisotopic (exact) mass is 414 g/mol. The molecule has 1 fully saturated rings. The Morgan fingerprint density at radius 1 is 1.42 bits per heavy atom. The summed E-state index contributed by atoms with van der Waals surface area (Å²) in [5.41, 5.74) is 0.366. The largest absolute Gasteiger partial charge is 0.356 e. The number of ether oxygens (including phenoxy) is 1. The van der Waals surface area contributed by atoms with Crippen LogP contribution in [0.25, 0.3) is 10.9 Å². The zero-order valence-electron chi connectivity index (χ0n) is 9.80. The van der Waals surface area contributed by atoms with Gasteiger partial charge >= 0.3 is 0 Å². The van der Waals surface area contributed by atoms with Crippen LogP contribution in [-0.4, -0.2) is 16.4 Å². The number of hydrogen-bond donors (Lipinski definition) is 0. The van der Waals surface area contributed by atoms with E-state index in [9.17, 15) is 4.39 Å². The van der Waals surface area contributed by atoms with E-state index >= 15 is 0 Å². The van der Waals surface area contributed by atoms with Crippen LogP contribution in [0.2, 0.25) is 10.2 Å². The van der Waals surface area contributed by atoms with Crippen molar-refractivity contribution in [1.82, 2.24) is 9.78 Å². The molecule has 1 saturated heterocycles. The maximum absolute atomic E-state index is 14.2. The van der Waals surface area contributed by atoms with Gasteiger partial charge in [0.2, 0.25) is 0 Å². The highest BCUT2D eigenvalue weighted by molar-refractivity contribution is 14.1. The van der Waals surface area contributed by atoms with Crippen LogP contribution in [0.1, 0.15) is 25.5 Å². The van der Waals surface area contributed by atoms with E-state index in [4.69, 9.17) is 27.9 Å². The number of hydrogen-bond acceptors (Lipinski definition) is 2. The highest BCUT2D eigenvalue weighted by atomic mass is 127. The van der Waals surface area contributed by atoms with E-state index in [0.717, 1.165) is 19.3 Å². The molecule has 1 aliphatic heterocycles. The third-order valence-electron chi connectivity index (χ3n) is 3.21. The Hall–Kier alpha value is -0.110. The van der Waals surface area contributed by atoms with Crippen molar-refractivity contribution in [2.24, 2.45) is 0 Å². The smallest absolute Gasteiger partial charge is 0.160 e. The van der Waals surface area contributed by atoms with Gasteiger partial charge in [-0.05, 0) is 47.9 Å². The second-order valence-corrected chi connectivity index (χ2v) is 6.28. The first-order chi connectivity index (χ1) is 9.09. The fourth-order valence-electron chi connectivity index (χ4n) is 2.32. The van der Waals surface area contributed by atoms with Crippen LogP contribution >= 0.6 is 45.8 Å². The molecule has 0 saturated carbocycles. The molecule has 1 atom stereocenters. The number of halogens is 4. The maximum atomic E-state index is 14.2. The van der Waals surface area contributed by atoms with Gasteiger partial charge in [-0.1, -0.05) is 23.2 Å². The topological polar surface area (TPSA) is 27.1 Å². The number of aromatic nitrogens is 2. The Morgan fingerprint density at radius 3 is 2.89 bits per heavy atom. The van der Waals surface area contributed by atoms with Gasteiger partial charge in [0, 0.05) is 10.2 Å². The Balaban J connectivity index is 2.23. The lowest BCUT2D eigenvalue weighted by molar-refractivity contribution is -0.0369. The van der Waals surface area contributed by atoms with E-state index in [0.29, 0.717) is 26.1 Å². The highest BCUT2D eigenvalue weighted by Gasteiger charge is 2.25. The quantitative estimate of drug-likeness (QED) is 0.495. The molecule has 1 aromatic carbocycles. The summed E-state index contributed by atoms with van der Waals surface area (Å²) in [7, 11) is 0. The molecular formula is C12H10Cl2FIN2O. The summed E-state index contributed by atoms with van der Waals surface area (Å²) in [5, 5.41) is 5.39. The predicted octanol–water partition coefficient (Wildman–Crippen LogP) is 4.79. The van der Waals surface area contributed by atoms with Crippen molar-refractivity contribution in [3.05, 3.63) is 25.6 Å². The Labute approximate surface area is 133 Å². The first-order valence-corrected chi connectivity index (χ1v) is 7.76. The minimum atomic E-state index is -0.422. The van der Waals surface area contributed by atoms with Crippen LogP contribution < -0.4 is 0 Å². The van der Waals surface area contributed by atoms with Gasteiger partial charge in [0.25, 0.3) is 0 Å². The minimum Gasteiger partial charge on any atom is -0.356 e. The molecule has 0 aliphatic carbocycles. The first kappa shape index (κ1) is 13.9. The fraction of sp³-hybridized carbons (Fsp3) is 0.417. The summed E-state index contributed by atoms with van der Waals surface area (Å²) in [6.45, 7) is 0.663. The molecule has 19 heavy (non-hydrogen) atoms. The van der Waals surface area contributed by atoms with E-state index < -0.39 is 5.82 Å². The lowest BCUT2D eigenvalue weighted by Gasteiger charge is -2.23. The van der Waals surface area contributed by atoms with Crippen LogP contribution in [0.3, 0.4) is 0 Å². The van der Waals surface area contributed by atoms with Crippen molar-refractivity contribution < 1.29 is 9.13 Å². The van der Waals surface area contributed by atoms with Crippen LogP contribution in [0.15, 0.2) is 6.07 Å². The van der Waals surface area contributed by atoms with Crippen molar-refractivity contribution in [3.63, 3.8) is 0 Å². The molecule has 0 N–H and O–H groups in total. The Morgan fingerprint density at radius 2 is 2.21 bits per heavy atom. The summed E-state index contributed by atoms with van der Waals surface area (Å²) in [4.78, 5) is 0. The first-order valence-electron chi connectivity index (χ1n) is 5.92. The van der Waals surface area contributed by atoms with Gasteiger partial charge in [-0.3, -0.25) is 0 Å². The average Bonchev–Trinajstić information content (AvgIpc) is 2.75. The molecule has 1 aromatic heterocycles. The molecule has 2 aromatic rings. The van der Waals surface area contributed by atoms with E-state index in [2.05, 4.69) is 27.7 Å². The van der Waals surface area contributed by atoms with Crippen molar-refractivity contribution in [3.8, 4) is 0 Å². The zero-order chi connectivity index (χ0) is 13.6. The average molecular weight is 415 g/mol. The van der Waals surface area contributed by atoms with E-state index in [1.165, 1.54) is 6.07 Å². The summed E-state index contributed by atoms with van der Waals surface area (Å²) in [6.07, 6.45) is 2.62. The lowest BCUT2D eigenvalue weighted by atomic mass is 10.2. The van der Waals surface area contributed by atoms with Gasteiger partial charge in [0.15, 0.2) is 17.2 Å². The zero-order valence-corrected chi connectivity index (χ0v) is 13.5. The van der Waals surface area contributed by atoms with E-state index in [1.807, 2.05) is 0 Å². The number of fused-ring (bicyclic) bond motifs is 1. The molecule has 102 valence electrons. The van der Waals surface area contributed by atoms with Crippen LogP contribution in [0.4, 0.5) is 4.39 Å². The second-order valence-electron chi connectivity index (χ2n) is 4.43. The summed E-state index contributed by atoms with van der Waals surface area (Å²) in [5.74, 6) is -0.422. The molecule has 0 bridgehead atoms. The minimum absolute atomic E-state index is 0.254. The highest BCUT2D eigenvalue weighted by Crippen LogP contribution is 2.37. The van der Waals surface area contributed by atoms with Crippen molar-refractivity contribution in [2.45, 2.75) is 25.5 Å². The van der Waals surface area contributed by atoms with Crippen LogP contribution in [0.5, 0.6) is 0 Å². The third kappa shape index (κ3) is 2.34. The predicted molar refractivity (Wildman–Crippen MR) is 81.3 cm³/mol. The van der Waals surface area contributed by atoms with Gasteiger partial charge in [0.1, 0.15) is 5.52 Å². The maximum Gasteiger partial charge on any atom is 0.160 e. The van der Waals surface area contributed by atoms with Crippen molar-refractivity contribution in [2.75, 3.05) is 6.61 Å². The molecule has 2 heterocycles. The molecular weight excluding hydrogens is 405 g/mol. The van der Waals surface area contributed by atoms with Crippen LogP contribution in [-0.2, 0) is 4.74 Å². The molecule has 0 spiro atoms. The van der Waals surface area contributed by atoms with Gasteiger partial charge < -0.3 is 4.74 Å². The van der Waals surface area contributed by atoms with Crippen molar-refractivity contribution in [1.29, 1.82) is 0 Å². The van der Waals surface area contributed by atoms with Gasteiger partial charge in [-0.2, -0.15) is 5.10 Å². The second kappa shape index (κ2) is 5.35. The fourth-order valence-corrected chi connectivity index (χ4v) is 3.60. The number of benzene rings is 1. The van der Waals surface area contributed by atoms with E-state index in [-0.39, 0.29) is 11.4 Å². The van der Waals surface area contributed by atoms with E-state index in [1.54, 1.807) is 4.68 Å². The van der Waals surface area contributed by atoms with Gasteiger partial charge in [-0.25, -0.2) is 9.07 Å². The molecule has 0 amide bonds. The molecule has 0 radical (unpaired) electrons. The summed E-state index contributed by atoms with van der Waals surface area (Å²) in [6, 6.07) is 1.29. The van der Waals surface area contributed by atoms with Crippen LogP contribution in [0, 0.1) is 9.39 Å². The van der Waals surface area contributed by atoms with Gasteiger partial charge in [0.05, 0.1) is 10.4 Å². The summed E-state index contributed by atoms with van der Waals surface area (Å²) < 4.78 is 22.1. The SMILES string of the molecule is Fc1cc(Cl)c(I)c2c(Cl)nn(C3CCCCO3)c12. The van der Waals surface area contributed by atoms with Gasteiger partial charge in [-0.15, -0.1) is 0 Å². The molecule has 3 nitrogen and oxygen atoms in total. The lowest BCUT2D eigenvalue weighted by Crippen LogP contribution is -2.19. The van der Waals surface area contributed by atoms with Crippen molar-refractivity contribution >= 4 is 56.7 Å².